The van der Waals surface area contributed by atoms with E-state index >= 15 is 0 Å². The molecule has 1 aromatic carbocycles. The van der Waals surface area contributed by atoms with Crippen molar-refractivity contribution >= 4 is 5.69 Å². The molecule has 0 aliphatic rings. The van der Waals surface area contributed by atoms with E-state index in [0.29, 0.717) is 0 Å². The third-order valence-electron chi connectivity index (χ3n) is 3.41. The molecule has 1 unspecified atom stereocenters. The van der Waals surface area contributed by atoms with Crippen molar-refractivity contribution in [3.8, 4) is 11.5 Å². The summed E-state index contributed by atoms with van der Waals surface area (Å²) in [5.41, 5.74) is 1.21. The molecule has 0 radical (unpaired) electrons. The molecule has 0 heterocycles. The average Bonchev–Trinajstić information content (AvgIpc) is 2.38. The lowest BCUT2D eigenvalue weighted by Gasteiger charge is -2.31. The number of nitrogens with one attached hydrogen (secondary N) is 1. The Bertz CT molecular complexity index is 379. The van der Waals surface area contributed by atoms with Crippen LogP contribution in [-0.4, -0.2) is 19.8 Å². The summed E-state index contributed by atoms with van der Waals surface area (Å²) in [5.74, 6) is 1.52. The van der Waals surface area contributed by atoms with E-state index in [9.17, 15) is 0 Å². The highest BCUT2D eigenvalue weighted by Crippen LogP contribution is 2.32. The molecule has 0 aromatic heterocycles. The summed E-state index contributed by atoms with van der Waals surface area (Å²) in [6, 6.07) is 5.95. The van der Waals surface area contributed by atoms with Crippen LogP contribution in [0.3, 0.4) is 0 Å². The summed E-state index contributed by atoms with van der Waals surface area (Å²) in [6.45, 7) is 6.68. The summed E-state index contributed by atoms with van der Waals surface area (Å²) in [7, 11) is 3.31. The van der Waals surface area contributed by atoms with Crippen LogP contribution in [0.15, 0.2) is 18.2 Å². The van der Waals surface area contributed by atoms with Gasteiger partial charge < -0.3 is 14.8 Å². The van der Waals surface area contributed by atoms with Crippen molar-refractivity contribution in [1.29, 1.82) is 0 Å². The zero-order chi connectivity index (χ0) is 13.6. The lowest BCUT2D eigenvalue weighted by Crippen LogP contribution is -2.33. The highest BCUT2D eigenvalue weighted by atomic mass is 16.5. The minimum Gasteiger partial charge on any atom is -0.493 e. The van der Waals surface area contributed by atoms with Crippen LogP contribution < -0.4 is 14.8 Å². The summed E-state index contributed by atoms with van der Waals surface area (Å²) in [4.78, 5) is 0. The minimum absolute atomic E-state index is 0.133. The largest absolute Gasteiger partial charge is 0.493 e. The quantitative estimate of drug-likeness (QED) is 0.792. The molecule has 1 rings (SSSR count). The molecule has 0 spiro atoms. The first-order valence-corrected chi connectivity index (χ1v) is 6.58. The molecule has 0 bridgehead atoms. The summed E-state index contributed by atoms with van der Waals surface area (Å²) < 4.78 is 10.6. The normalized spacial score (nSPS) is 13.8. The molecule has 1 N–H and O–H groups in total. The van der Waals surface area contributed by atoms with E-state index in [2.05, 4.69) is 26.1 Å². The van der Waals surface area contributed by atoms with Crippen LogP contribution in [0.2, 0.25) is 0 Å². The number of hydrogen-bond donors (Lipinski definition) is 1. The number of methoxy groups -OCH3 is 2. The highest BCUT2D eigenvalue weighted by molar-refractivity contribution is 5.55. The highest BCUT2D eigenvalue weighted by Gasteiger charge is 2.20. The van der Waals surface area contributed by atoms with Gasteiger partial charge in [0, 0.05) is 17.3 Å². The Hall–Kier alpha value is -1.38. The monoisotopic (exact) mass is 251 g/mol. The first-order chi connectivity index (χ1) is 8.58. The second-order valence-electron chi connectivity index (χ2n) is 4.86. The lowest BCUT2D eigenvalue weighted by molar-refractivity contribution is 0.355. The zero-order valence-electron chi connectivity index (χ0n) is 12.2. The summed E-state index contributed by atoms with van der Waals surface area (Å²) in [5, 5.41) is 3.60. The van der Waals surface area contributed by atoms with Gasteiger partial charge in [-0.25, -0.2) is 0 Å². The van der Waals surface area contributed by atoms with Crippen molar-refractivity contribution in [2.24, 2.45) is 0 Å². The van der Waals surface area contributed by atoms with E-state index < -0.39 is 0 Å². The second-order valence-corrected chi connectivity index (χ2v) is 4.86. The van der Waals surface area contributed by atoms with Crippen molar-refractivity contribution in [2.75, 3.05) is 19.5 Å². The Morgan fingerprint density at radius 1 is 1.11 bits per heavy atom. The van der Waals surface area contributed by atoms with Gasteiger partial charge in [0.15, 0.2) is 11.5 Å². The Morgan fingerprint density at radius 3 is 2.28 bits per heavy atom. The predicted molar refractivity (Wildman–Crippen MR) is 76.8 cm³/mol. The molecule has 3 heteroatoms. The Morgan fingerprint density at radius 2 is 1.78 bits per heavy atom. The number of hydrogen-bond acceptors (Lipinski definition) is 3. The molecule has 0 amide bonds. The maximum atomic E-state index is 5.32. The number of ether oxygens (including phenoxy) is 2. The van der Waals surface area contributed by atoms with Gasteiger partial charge in [-0.3, -0.25) is 0 Å². The smallest absolute Gasteiger partial charge is 0.162 e. The topological polar surface area (TPSA) is 30.5 Å². The molecule has 0 aliphatic heterocycles. The molecule has 0 saturated carbocycles. The maximum absolute atomic E-state index is 5.32. The van der Waals surface area contributed by atoms with Gasteiger partial charge in [-0.2, -0.15) is 0 Å². The van der Waals surface area contributed by atoms with E-state index in [1.54, 1.807) is 14.2 Å². The van der Waals surface area contributed by atoms with Gasteiger partial charge in [0.05, 0.1) is 14.2 Å². The Balaban J connectivity index is 2.90. The molecule has 0 saturated heterocycles. The van der Waals surface area contributed by atoms with Crippen LogP contribution in [0.1, 0.15) is 40.0 Å². The van der Waals surface area contributed by atoms with E-state index in [0.717, 1.165) is 30.0 Å². The lowest BCUT2D eigenvalue weighted by atomic mass is 9.92. The third-order valence-corrected chi connectivity index (χ3v) is 3.41. The maximum Gasteiger partial charge on any atom is 0.162 e. The van der Waals surface area contributed by atoms with Crippen molar-refractivity contribution in [3.05, 3.63) is 18.2 Å². The van der Waals surface area contributed by atoms with Gasteiger partial charge in [-0.15, -0.1) is 0 Å². The first-order valence-electron chi connectivity index (χ1n) is 6.58. The van der Waals surface area contributed by atoms with E-state index in [1.165, 1.54) is 6.42 Å². The zero-order valence-corrected chi connectivity index (χ0v) is 12.2. The molecular weight excluding hydrogens is 226 g/mol. The Kier molecular flexibility index (Phi) is 5.32. The van der Waals surface area contributed by atoms with Crippen molar-refractivity contribution in [3.63, 3.8) is 0 Å². The Labute approximate surface area is 110 Å². The van der Waals surface area contributed by atoms with Crippen molar-refractivity contribution < 1.29 is 9.47 Å². The molecule has 0 aliphatic carbocycles. The number of anilines is 1. The van der Waals surface area contributed by atoms with Crippen LogP contribution >= 0.6 is 0 Å². The molecule has 1 aromatic rings. The van der Waals surface area contributed by atoms with Gasteiger partial charge in [0.25, 0.3) is 0 Å². The molecular formula is C15H25NO2. The molecule has 18 heavy (non-hydrogen) atoms. The molecule has 0 fully saturated rings. The summed E-state index contributed by atoms with van der Waals surface area (Å²) in [6.07, 6.45) is 3.41. The third kappa shape index (κ3) is 3.56. The van der Waals surface area contributed by atoms with Gasteiger partial charge in [0.2, 0.25) is 0 Å². The van der Waals surface area contributed by atoms with Crippen LogP contribution in [0, 0.1) is 0 Å². The van der Waals surface area contributed by atoms with Gasteiger partial charge in [0.1, 0.15) is 0 Å². The van der Waals surface area contributed by atoms with Crippen LogP contribution in [0.4, 0.5) is 5.69 Å². The fourth-order valence-electron chi connectivity index (χ4n) is 2.14. The predicted octanol–water partition coefficient (Wildman–Crippen LogP) is 4.08. The summed E-state index contributed by atoms with van der Waals surface area (Å²) >= 11 is 0. The molecule has 1 atom stereocenters. The first kappa shape index (κ1) is 14.7. The average molecular weight is 251 g/mol. The molecule has 3 nitrogen and oxygen atoms in total. The van der Waals surface area contributed by atoms with E-state index in [4.69, 9.17) is 9.47 Å². The van der Waals surface area contributed by atoms with Gasteiger partial charge in [-0.05, 0) is 31.9 Å². The number of benzene rings is 1. The fraction of sp³-hybridized carbons (Fsp3) is 0.600. The van der Waals surface area contributed by atoms with Gasteiger partial charge >= 0.3 is 0 Å². The minimum atomic E-state index is 0.133. The van der Waals surface area contributed by atoms with Crippen LogP contribution in [0.5, 0.6) is 11.5 Å². The standard InChI is InChI=1S/C15H25NO2/c1-6-10-15(3,7-2)16-12-8-9-13(17-4)14(11-12)18-5/h8-9,11,16H,6-7,10H2,1-5H3. The van der Waals surface area contributed by atoms with Crippen LogP contribution in [0.25, 0.3) is 0 Å². The SMILES string of the molecule is CCCC(C)(CC)Nc1ccc(OC)c(OC)c1. The van der Waals surface area contributed by atoms with Gasteiger partial charge in [-0.1, -0.05) is 20.3 Å². The molecule has 102 valence electrons. The van der Waals surface area contributed by atoms with E-state index in [1.807, 2.05) is 18.2 Å². The second kappa shape index (κ2) is 6.53. The van der Waals surface area contributed by atoms with Crippen LogP contribution in [-0.2, 0) is 0 Å². The van der Waals surface area contributed by atoms with Crippen molar-refractivity contribution in [2.45, 2.75) is 45.6 Å². The van der Waals surface area contributed by atoms with Crippen molar-refractivity contribution in [1.82, 2.24) is 0 Å². The number of rotatable bonds is 7. The fourth-order valence-corrected chi connectivity index (χ4v) is 2.14. The van der Waals surface area contributed by atoms with E-state index in [-0.39, 0.29) is 5.54 Å².